The highest BCUT2D eigenvalue weighted by molar-refractivity contribution is 5.81. The Balaban J connectivity index is 1.96. The first-order valence-corrected chi connectivity index (χ1v) is 10.7. The van der Waals surface area contributed by atoms with Crippen LogP contribution in [-0.4, -0.2) is 45.9 Å². The third-order valence-electron chi connectivity index (χ3n) is 5.22. The van der Waals surface area contributed by atoms with Crippen LogP contribution < -0.4 is 5.73 Å². The molecule has 8 heteroatoms. The van der Waals surface area contributed by atoms with Gasteiger partial charge in [-0.1, -0.05) is 25.0 Å². The van der Waals surface area contributed by atoms with Crippen molar-refractivity contribution in [2.24, 2.45) is 5.73 Å². The van der Waals surface area contributed by atoms with Crippen molar-refractivity contribution in [2.45, 2.75) is 89.4 Å². The van der Waals surface area contributed by atoms with E-state index >= 15 is 0 Å². The number of aromatic hydroxyl groups is 1. The van der Waals surface area contributed by atoms with Crippen LogP contribution in [0.25, 0.3) is 0 Å². The third-order valence-corrected chi connectivity index (χ3v) is 5.22. The van der Waals surface area contributed by atoms with Gasteiger partial charge in [0.1, 0.15) is 17.4 Å². The Morgan fingerprint density at radius 3 is 2.42 bits per heavy atom. The van der Waals surface area contributed by atoms with Crippen molar-refractivity contribution in [3.63, 3.8) is 0 Å². The minimum atomic E-state index is -1.42. The van der Waals surface area contributed by atoms with E-state index in [1.807, 2.05) is 0 Å². The van der Waals surface area contributed by atoms with Crippen molar-refractivity contribution in [2.75, 3.05) is 0 Å². The molecule has 2 atom stereocenters. The number of carboxylic acid groups (broad SMARTS) is 1. The summed E-state index contributed by atoms with van der Waals surface area (Å²) in [4.78, 5) is 35.7. The van der Waals surface area contributed by atoms with E-state index < -0.39 is 35.7 Å². The summed E-state index contributed by atoms with van der Waals surface area (Å²) in [5, 5.41) is 19.7. The molecule has 0 saturated heterocycles. The molecule has 4 N–H and O–H groups in total. The van der Waals surface area contributed by atoms with Gasteiger partial charge >= 0.3 is 17.9 Å². The second-order valence-electron chi connectivity index (χ2n) is 9.07. The Bertz CT molecular complexity index is 794. The summed E-state index contributed by atoms with van der Waals surface area (Å²) in [7, 11) is 0. The van der Waals surface area contributed by atoms with Crippen LogP contribution in [0.15, 0.2) is 18.2 Å². The van der Waals surface area contributed by atoms with Gasteiger partial charge in [0.15, 0.2) is 0 Å². The van der Waals surface area contributed by atoms with E-state index in [0.717, 1.165) is 31.2 Å². The number of esters is 2. The average molecular weight is 436 g/mol. The van der Waals surface area contributed by atoms with E-state index in [1.54, 1.807) is 39.0 Å². The summed E-state index contributed by atoms with van der Waals surface area (Å²) in [6.45, 7) is 5.20. The molecule has 0 spiro atoms. The number of rotatable bonds is 9. The van der Waals surface area contributed by atoms with Gasteiger partial charge in [0.25, 0.3) is 0 Å². The molecule has 1 aromatic rings. The number of phenols is 1. The number of hydrogen-bond donors (Lipinski definition) is 3. The highest BCUT2D eigenvalue weighted by Gasteiger charge is 2.28. The lowest BCUT2D eigenvalue weighted by atomic mass is 9.93. The van der Waals surface area contributed by atoms with Crippen LogP contribution >= 0.6 is 0 Å². The Kier molecular flexibility index (Phi) is 8.44. The van der Waals surface area contributed by atoms with Crippen LogP contribution in [0.2, 0.25) is 0 Å². The van der Waals surface area contributed by atoms with Crippen LogP contribution in [0.5, 0.6) is 5.75 Å². The second-order valence-corrected chi connectivity index (χ2v) is 9.07. The van der Waals surface area contributed by atoms with Gasteiger partial charge in [-0.3, -0.25) is 9.59 Å². The topological polar surface area (TPSA) is 136 Å². The number of carboxylic acids is 1. The molecule has 1 aromatic carbocycles. The second kappa shape index (κ2) is 10.6. The molecule has 31 heavy (non-hydrogen) atoms. The number of phenolic OH excluding ortho intramolecular Hbond substituents is 1. The fourth-order valence-electron chi connectivity index (χ4n) is 3.70. The van der Waals surface area contributed by atoms with Crippen LogP contribution in [-0.2, 0) is 30.3 Å². The average Bonchev–Trinajstić information content (AvgIpc) is 3.19. The number of carbonyl (C=O) groups is 3. The van der Waals surface area contributed by atoms with E-state index in [-0.39, 0.29) is 30.9 Å². The Labute approximate surface area is 182 Å². The highest BCUT2D eigenvalue weighted by Crippen LogP contribution is 2.38. The first-order valence-electron chi connectivity index (χ1n) is 10.7. The maximum absolute atomic E-state index is 12.3. The van der Waals surface area contributed by atoms with Crippen LogP contribution in [0.1, 0.15) is 76.3 Å². The van der Waals surface area contributed by atoms with E-state index in [4.69, 9.17) is 15.2 Å². The molecule has 1 fully saturated rings. The molecule has 0 bridgehead atoms. The van der Waals surface area contributed by atoms with Crippen molar-refractivity contribution in [3.05, 3.63) is 29.3 Å². The first-order chi connectivity index (χ1) is 14.5. The standard InChI is InChI=1S/C23H33NO7/c1-23(2,3)31-20(26)11-9-17(24)22(29)30-19(21(27)28)13-14-8-10-18(25)16(12-14)15-6-4-5-7-15/h8,10,12,15,17,19,25H,4-7,9,11,13,24H2,1-3H3,(H,27,28)/t17-,19?/m0/s1. The number of benzene rings is 1. The minimum Gasteiger partial charge on any atom is -0.508 e. The number of aliphatic carboxylic acids is 1. The molecule has 1 unspecified atom stereocenters. The summed E-state index contributed by atoms with van der Waals surface area (Å²) < 4.78 is 10.3. The molecular formula is C23H33NO7. The third kappa shape index (κ3) is 7.86. The summed E-state index contributed by atoms with van der Waals surface area (Å²) in [5.74, 6) is -2.21. The molecule has 0 radical (unpaired) electrons. The van der Waals surface area contributed by atoms with Crippen molar-refractivity contribution in [1.82, 2.24) is 0 Å². The molecule has 1 aliphatic carbocycles. The predicted octanol–water partition coefficient (Wildman–Crippen LogP) is 3.04. The Morgan fingerprint density at radius 2 is 1.84 bits per heavy atom. The van der Waals surface area contributed by atoms with Crippen LogP contribution in [0.3, 0.4) is 0 Å². The van der Waals surface area contributed by atoms with Crippen LogP contribution in [0, 0.1) is 0 Å². The van der Waals surface area contributed by atoms with Gasteiger partial charge in [0, 0.05) is 12.8 Å². The molecule has 0 aromatic heterocycles. The largest absolute Gasteiger partial charge is 0.508 e. The number of nitrogens with two attached hydrogens (primary N) is 1. The summed E-state index contributed by atoms with van der Waals surface area (Å²) in [5.41, 5.74) is 6.61. The quantitative estimate of drug-likeness (QED) is 0.504. The van der Waals surface area contributed by atoms with Crippen molar-refractivity contribution < 1.29 is 34.1 Å². The predicted molar refractivity (Wildman–Crippen MR) is 114 cm³/mol. The van der Waals surface area contributed by atoms with E-state index in [9.17, 15) is 24.6 Å². The maximum Gasteiger partial charge on any atom is 0.345 e. The Hall–Kier alpha value is -2.61. The normalized spacial score (nSPS) is 16.5. The molecule has 1 saturated carbocycles. The molecular weight excluding hydrogens is 402 g/mol. The fraction of sp³-hybridized carbons (Fsp3) is 0.609. The maximum atomic E-state index is 12.3. The SMILES string of the molecule is CC(C)(C)OC(=O)CC[C@H](N)C(=O)OC(Cc1ccc(O)c(C2CCCC2)c1)C(=O)O. The first kappa shape index (κ1) is 24.7. The number of hydrogen-bond acceptors (Lipinski definition) is 7. The molecule has 1 aliphatic rings. The zero-order valence-corrected chi connectivity index (χ0v) is 18.4. The van der Waals surface area contributed by atoms with E-state index in [2.05, 4.69) is 0 Å². The minimum absolute atomic E-state index is 0.00881. The number of carbonyl (C=O) groups excluding carboxylic acids is 2. The summed E-state index contributed by atoms with van der Waals surface area (Å²) in [6.07, 6.45) is 2.64. The van der Waals surface area contributed by atoms with Gasteiger partial charge in [-0.25, -0.2) is 4.79 Å². The van der Waals surface area contributed by atoms with E-state index in [1.165, 1.54) is 0 Å². The Morgan fingerprint density at radius 1 is 1.19 bits per heavy atom. The zero-order chi connectivity index (χ0) is 23.2. The van der Waals surface area contributed by atoms with Crippen molar-refractivity contribution in [3.8, 4) is 5.75 Å². The molecule has 172 valence electrons. The molecule has 8 nitrogen and oxygen atoms in total. The lowest BCUT2D eigenvalue weighted by Gasteiger charge is -2.20. The van der Waals surface area contributed by atoms with Gasteiger partial charge in [-0.15, -0.1) is 0 Å². The van der Waals surface area contributed by atoms with Gasteiger partial charge in [0.05, 0.1) is 0 Å². The zero-order valence-electron chi connectivity index (χ0n) is 18.4. The van der Waals surface area contributed by atoms with Crippen molar-refractivity contribution in [1.29, 1.82) is 0 Å². The van der Waals surface area contributed by atoms with E-state index in [0.29, 0.717) is 5.56 Å². The van der Waals surface area contributed by atoms with Gasteiger partial charge in [-0.2, -0.15) is 0 Å². The fourth-order valence-corrected chi connectivity index (χ4v) is 3.70. The molecule has 0 heterocycles. The van der Waals surface area contributed by atoms with Crippen LogP contribution in [0.4, 0.5) is 0 Å². The number of ether oxygens (including phenoxy) is 2. The molecule has 0 amide bonds. The summed E-state index contributed by atoms with van der Waals surface area (Å²) in [6, 6.07) is 3.83. The molecule has 0 aliphatic heterocycles. The van der Waals surface area contributed by atoms with Gasteiger partial charge in [-0.05, 0) is 63.1 Å². The van der Waals surface area contributed by atoms with Gasteiger partial charge < -0.3 is 25.4 Å². The summed E-state index contributed by atoms with van der Waals surface area (Å²) >= 11 is 0. The smallest absolute Gasteiger partial charge is 0.345 e. The lowest BCUT2D eigenvalue weighted by Crippen LogP contribution is -2.39. The molecule has 2 rings (SSSR count). The lowest BCUT2D eigenvalue weighted by molar-refractivity contribution is -0.165. The highest BCUT2D eigenvalue weighted by atomic mass is 16.6. The van der Waals surface area contributed by atoms with Crippen molar-refractivity contribution >= 4 is 17.9 Å². The monoisotopic (exact) mass is 435 g/mol. The van der Waals surface area contributed by atoms with Gasteiger partial charge in [0.2, 0.25) is 6.10 Å².